The number of hydrogen-bond donors (Lipinski definition) is 2. The fourth-order valence-corrected chi connectivity index (χ4v) is 4.53. The monoisotopic (exact) mass is 484 g/mol. The first-order chi connectivity index (χ1) is 16.4. The number of benzene rings is 3. The minimum Gasteiger partial charge on any atom is -0.493 e. The molecule has 0 spiro atoms. The van der Waals surface area contributed by atoms with E-state index in [2.05, 4.69) is 10.0 Å². The average molecular weight is 485 g/mol. The van der Waals surface area contributed by atoms with Crippen molar-refractivity contribution in [3.05, 3.63) is 71.8 Å². The van der Waals surface area contributed by atoms with Crippen molar-refractivity contribution in [3.8, 4) is 23.0 Å². The Morgan fingerprint density at radius 3 is 2.41 bits per heavy atom. The highest BCUT2D eigenvalue weighted by Crippen LogP contribution is 2.33. The fourth-order valence-electron chi connectivity index (χ4n) is 3.43. The largest absolute Gasteiger partial charge is 0.493 e. The van der Waals surface area contributed by atoms with Crippen molar-refractivity contribution in [2.45, 2.75) is 11.4 Å². The molecular formula is C24H24N2O7S. The van der Waals surface area contributed by atoms with Crippen LogP contribution in [0.2, 0.25) is 0 Å². The molecule has 0 aliphatic carbocycles. The molecule has 3 aromatic rings. The second kappa shape index (κ2) is 9.92. The molecule has 0 saturated heterocycles. The molecule has 0 radical (unpaired) electrons. The van der Waals surface area contributed by atoms with Crippen molar-refractivity contribution in [1.82, 2.24) is 5.32 Å². The standard InChI is InChI=1S/C24H24N2O7S/c1-30-20-9-7-16(13-22(20)31-2)15-25-24(27)18-5-3-4-6-19(18)26-34(28,29)17-8-10-21-23(14-17)33-12-11-32-21/h3-10,13-14,26H,11-12,15H2,1-2H3,(H,25,27). The molecule has 1 aliphatic heterocycles. The maximum atomic E-state index is 13.0. The molecule has 0 fully saturated rings. The number of ether oxygens (including phenoxy) is 4. The molecule has 1 amide bonds. The lowest BCUT2D eigenvalue weighted by molar-refractivity contribution is 0.0951. The zero-order valence-electron chi connectivity index (χ0n) is 18.7. The zero-order valence-corrected chi connectivity index (χ0v) is 19.5. The molecule has 0 atom stereocenters. The Morgan fingerprint density at radius 2 is 1.65 bits per heavy atom. The molecule has 178 valence electrons. The molecule has 0 saturated carbocycles. The van der Waals surface area contributed by atoms with Crippen LogP contribution in [0.1, 0.15) is 15.9 Å². The molecule has 2 N–H and O–H groups in total. The Bertz CT molecular complexity index is 1310. The van der Waals surface area contributed by atoms with Gasteiger partial charge in [0.15, 0.2) is 23.0 Å². The zero-order chi connectivity index (χ0) is 24.1. The number of carbonyl (C=O) groups is 1. The molecule has 1 heterocycles. The number of amides is 1. The van der Waals surface area contributed by atoms with Gasteiger partial charge in [0.25, 0.3) is 15.9 Å². The van der Waals surface area contributed by atoms with Crippen LogP contribution in [-0.2, 0) is 16.6 Å². The number of hydrogen-bond acceptors (Lipinski definition) is 7. The molecule has 0 bridgehead atoms. The predicted octanol–water partition coefficient (Wildman–Crippen LogP) is 3.21. The van der Waals surface area contributed by atoms with Crippen LogP contribution in [-0.4, -0.2) is 41.8 Å². The van der Waals surface area contributed by atoms with E-state index in [1.54, 1.807) is 49.6 Å². The SMILES string of the molecule is COc1ccc(CNC(=O)c2ccccc2NS(=O)(=O)c2ccc3c(c2)OCCO3)cc1OC. The first-order valence-corrected chi connectivity index (χ1v) is 11.9. The number of anilines is 1. The number of sulfonamides is 1. The second-order valence-electron chi connectivity index (χ2n) is 7.33. The van der Waals surface area contributed by atoms with Crippen molar-refractivity contribution in [3.63, 3.8) is 0 Å². The Balaban J connectivity index is 1.51. The van der Waals surface area contributed by atoms with Crippen molar-refractivity contribution < 1.29 is 32.2 Å². The van der Waals surface area contributed by atoms with Gasteiger partial charge in [-0.05, 0) is 42.0 Å². The van der Waals surface area contributed by atoms with Gasteiger partial charge in [-0.2, -0.15) is 0 Å². The Labute approximate surface area is 197 Å². The van der Waals surface area contributed by atoms with Crippen molar-refractivity contribution in [1.29, 1.82) is 0 Å². The topological polar surface area (TPSA) is 112 Å². The minimum atomic E-state index is -3.98. The van der Waals surface area contributed by atoms with E-state index in [1.165, 1.54) is 25.3 Å². The quantitative estimate of drug-likeness (QED) is 0.505. The second-order valence-corrected chi connectivity index (χ2v) is 9.01. The van der Waals surface area contributed by atoms with Crippen molar-refractivity contribution in [2.24, 2.45) is 0 Å². The summed E-state index contributed by atoms with van der Waals surface area (Å²) in [5.74, 6) is 1.53. The van der Waals surface area contributed by atoms with E-state index < -0.39 is 15.9 Å². The number of para-hydroxylation sites is 1. The highest BCUT2D eigenvalue weighted by atomic mass is 32.2. The Kier molecular flexibility index (Phi) is 6.78. The smallest absolute Gasteiger partial charge is 0.262 e. The van der Waals surface area contributed by atoms with Gasteiger partial charge in [-0.1, -0.05) is 18.2 Å². The van der Waals surface area contributed by atoms with Gasteiger partial charge >= 0.3 is 0 Å². The summed E-state index contributed by atoms with van der Waals surface area (Å²) in [6.07, 6.45) is 0. The minimum absolute atomic E-state index is 0.00251. The summed E-state index contributed by atoms with van der Waals surface area (Å²) in [5, 5.41) is 2.80. The molecule has 34 heavy (non-hydrogen) atoms. The van der Waals surface area contributed by atoms with Crippen LogP contribution in [0.15, 0.2) is 65.6 Å². The van der Waals surface area contributed by atoms with Crippen LogP contribution in [0.25, 0.3) is 0 Å². The maximum absolute atomic E-state index is 13.0. The van der Waals surface area contributed by atoms with Gasteiger partial charge in [0.1, 0.15) is 13.2 Å². The van der Waals surface area contributed by atoms with Gasteiger partial charge in [0.05, 0.1) is 30.4 Å². The highest BCUT2D eigenvalue weighted by Gasteiger charge is 2.22. The van der Waals surface area contributed by atoms with Gasteiger partial charge in [-0.25, -0.2) is 8.42 Å². The number of methoxy groups -OCH3 is 2. The molecule has 4 rings (SSSR count). The maximum Gasteiger partial charge on any atom is 0.262 e. The van der Waals surface area contributed by atoms with E-state index >= 15 is 0 Å². The summed E-state index contributed by atoms with van der Waals surface area (Å²) in [5.41, 5.74) is 1.13. The van der Waals surface area contributed by atoms with Gasteiger partial charge in [0.2, 0.25) is 0 Å². The molecule has 9 nitrogen and oxygen atoms in total. The number of nitrogens with one attached hydrogen (secondary N) is 2. The highest BCUT2D eigenvalue weighted by molar-refractivity contribution is 7.92. The first-order valence-electron chi connectivity index (χ1n) is 10.4. The molecular weight excluding hydrogens is 460 g/mol. The predicted molar refractivity (Wildman–Crippen MR) is 125 cm³/mol. The third-order valence-corrected chi connectivity index (χ3v) is 6.50. The van der Waals surface area contributed by atoms with Crippen LogP contribution < -0.4 is 29.0 Å². The van der Waals surface area contributed by atoms with E-state index in [0.29, 0.717) is 36.2 Å². The van der Waals surface area contributed by atoms with E-state index in [4.69, 9.17) is 18.9 Å². The van der Waals surface area contributed by atoms with Gasteiger partial charge in [0, 0.05) is 12.6 Å². The van der Waals surface area contributed by atoms with Crippen LogP contribution in [0.4, 0.5) is 5.69 Å². The van der Waals surface area contributed by atoms with Crippen molar-refractivity contribution in [2.75, 3.05) is 32.2 Å². The number of fused-ring (bicyclic) bond motifs is 1. The fraction of sp³-hybridized carbons (Fsp3) is 0.208. The molecule has 0 aromatic heterocycles. The number of rotatable bonds is 8. The van der Waals surface area contributed by atoms with Gasteiger partial charge in [-0.15, -0.1) is 0 Å². The lowest BCUT2D eigenvalue weighted by atomic mass is 10.1. The number of carbonyl (C=O) groups excluding carboxylic acids is 1. The van der Waals surface area contributed by atoms with E-state index in [0.717, 1.165) is 5.56 Å². The van der Waals surface area contributed by atoms with Crippen LogP contribution in [0.5, 0.6) is 23.0 Å². The summed E-state index contributed by atoms with van der Waals surface area (Å²) >= 11 is 0. The lowest BCUT2D eigenvalue weighted by Gasteiger charge is -2.19. The van der Waals surface area contributed by atoms with E-state index in [-0.39, 0.29) is 22.7 Å². The average Bonchev–Trinajstić information content (AvgIpc) is 2.86. The normalized spacial score (nSPS) is 12.5. The van der Waals surface area contributed by atoms with Crippen molar-refractivity contribution >= 4 is 21.6 Å². The Morgan fingerprint density at radius 1 is 0.912 bits per heavy atom. The first kappa shape index (κ1) is 23.2. The lowest BCUT2D eigenvalue weighted by Crippen LogP contribution is -2.25. The van der Waals surface area contributed by atoms with Crippen LogP contribution >= 0.6 is 0 Å². The van der Waals surface area contributed by atoms with Crippen LogP contribution in [0, 0.1) is 0 Å². The van der Waals surface area contributed by atoms with Gasteiger partial charge in [-0.3, -0.25) is 9.52 Å². The molecule has 0 unspecified atom stereocenters. The van der Waals surface area contributed by atoms with Crippen LogP contribution in [0.3, 0.4) is 0 Å². The summed E-state index contributed by atoms with van der Waals surface area (Å²) in [6.45, 7) is 0.957. The molecule has 10 heteroatoms. The van der Waals surface area contributed by atoms with E-state index in [1.807, 2.05) is 0 Å². The third kappa shape index (κ3) is 5.01. The Hall–Kier alpha value is -3.92. The summed E-state index contributed by atoms with van der Waals surface area (Å²) in [4.78, 5) is 12.9. The summed E-state index contributed by atoms with van der Waals surface area (Å²) in [7, 11) is -0.907. The van der Waals surface area contributed by atoms with E-state index in [9.17, 15) is 13.2 Å². The third-order valence-electron chi connectivity index (χ3n) is 5.14. The summed E-state index contributed by atoms with van der Waals surface area (Å²) in [6, 6.07) is 16.1. The summed E-state index contributed by atoms with van der Waals surface area (Å²) < 4.78 is 49.9. The molecule has 1 aliphatic rings. The van der Waals surface area contributed by atoms with Gasteiger partial charge < -0.3 is 24.3 Å². The molecule has 3 aromatic carbocycles.